The molecule has 2 heterocycles. The zero-order chi connectivity index (χ0) is 20.1. The summed E-state index contributed by atoms with van der Waals surface area (Å²) in [6, 6.07) is 7.46. The standard InChI is InChI=1S/C19H16BrN3O3S2/c1-12-22-15(11-27-12)5-6-17(24)21-7-8-23-18(25)16(28-19(23)26)10-13-3-2-4-14(20)9-13/h2-6,9-11H,7-8H2,1H3,(H,21,24)/b6-5+,16-10+. The molecule has 6 nitrogen and oxygen atoms in total. The molecule has 1 aromatic carbocycles. The molecule has 1 fully saturated rings. The van der Waals surface area contributed by atoms with Gasteiger partial charge < -0.3 is 5.32 Å². The van der Waals surface area contributed by atoms with E-state index in [-0.39, 0.29) is 30.1 Å². The number of aromatic nitrogens is 1. The summed E-state index contributed by atoms with van der Waals surface area (Å²) in [5.41, 5.74) is 1.55. The molecule has 0 bridgehead atoms. The van der Waals surface area contributed by atoms with Crippen molar-refractivity contribution in [2.45, 2.75) is 6.92 Å². The molecule has 1 aromatic heterocycles. The van der Waals surface area contributed by atoms with Crippen molar-refractivity contribution in [2.75, 3.05) is 13.1 Å². The fraction of sp³-hybridized carbons (Fsp3) is 0.158. The summed E-state index contributed by atoms with van der Waals surface area (Å²) in [6.07, 6.45) is 4.70. The third-order valence-electron chi connectivity index (χ3n) is 3.70. The highest BCUT2D eigenvalue weighted by atomic mass is 79.9. The number of carbonyl (C=O) groups is 3. The number of amides is 3. The van der Waals surface area contributed by atoms with Gasteiger partial charge in [0.1, 0.15) is 0 Å². The Morgan fingerprint density at radius 1 is 1.36 bits per heavy atom. The Kier molecular flexibility index (Phi) is 6.82. The minimum absolute atomic E-state index is 0.121. The second kappa shape index (κ2) is 9.31. The highest BCUT2D eigenvalue weighted by molar-refractivity contribution is 9.10. The van der Waals surface area contributed by atoms with Crippen LogP contribution < -0.4 is 5.32 Å². The number of hydrogen-bond acceptors (Lipinski definition) is 6. The molecule has 144 valence electrons. The predicted molar refractivity (Wildman–Crippen MR) is 116 cm³/mol. The molecule has 9 heteroatoms. The van der Waals surface area contributed by atoms with E-state index in [4.69, 9.17) is 0 Å². The molecular weight excluding hydrogens is 462 g/mol. The predicted octanol–water partition coefficient (Wildman–Crippen LogP) is 4.08. The molecule has 0 unspecified atom stereocenters. The van der Waals surface area contributed by atoms with Gasteiger partial charge in [-0.3, -0.25) is 19.3 Å². The molecule has 3 rings (SSSR count). The lowest BCUT2D eigenvalue weighted by atomic mass is 10.2. The van der Waals surface area contributed by atoms with Crippen LogP contribution in [0.2, 0.25) is 0 Å². The summed E-state index contributed by atoms with van der Waals surface area (Å²) >= 11 is 5.79. The molecule has 1 N–H and O–H groups in total. The summed E-state index contributed by atoms with van der Waals surface area (Å²) in [7, 11) is 0. The molecule has 0 atom stereocenters. The molecule has 1 aliphatic heterocycles. The van der Waals surface area contributed by atoms with Crippen molar-refractivity contribution in [2.24, 2.45) is 0 Å². The van der Waals surface area contributed by atoms with Gasteiger partial charge in [-0.25, -0.2) is 4.98 Å². The van der Waals surface area contributed by atoms with Crippen molar-refractivity contribution in [3.8, 4) is 0 Å². The minimum Gasteiger partial charge on any atom is -0.351 e. The maximum absolute atomic E-state index is 12.5. The number of thioether (sulfide) groups is 1. The molecule has 0 radical (unpaired) electrons. The summed E-state index contributed by atoms with van der Waals surface area (Å²) in [5, 5.41) is 5.11. The number of aryl methyl sites for hydroxylation is 1. The first-order chi connectivity index (χ1) is 13.4. The second-order valence-corrected chi connectivity index (χ2v) is 8.78. The Bertz CT molecular complexity index is 984. The molecule has 0 aliphatic carbocycles. The summed E-state index contributed by atoms with van der Waals surface area (Å²) < 4.78 is 0.893. The summed E-state index contributed by atoms with van der Waals surface area (Å²) in [4.78, 5) is 42.2. The SMILES string of the molecule is Cc1nc(/C=C/C(=O)NCCN2C(=O)S/C(=C/c3cccc(Br)c3)C2=O)cs1. The monoisotopic (exact) mass is 477 g/mol. The Balaban J connectivity index is 1.53. The fourth-order valence-electron chi connectivity index (χ4n) is 2.41. The largest absolute Gasteiger partial charge is 0.351 e. The van der Waals surface area contributed by atoms with E-state index in [9.17, 15) is 14.4 Å². The molecule has 1 aliphatic rings. The third kappa shape index (κ3) is 5.40. The Morgan fingerprint density at radius 2 is 2.18 bits per heavy atom. The van der Waals surface area contributed by atoms with Crippen molar-refractivity contribution in [1.29, 1.82) is 0 Å². The first-order valence-electron chi connectivity index (χ1n) is 8.31. The van der Waals surface area contributed by atoms with Crippen LogP contribution in [0.1, 0.15) is 16.3 Å². The third-order valence-corrected chi connectivity index (χ3v) is 5.89. The lowest BCUT2D eigenvalue weighted by Crippen LogP contribution is -2.36. The van der Waals surface area contributed by atoms with Gasteiger partial charge >= 0.3 is 0 Å². The van der Waals surface area contributed by atoms with Crippen molar-refractivity contribution >= 4 is 68.2 Å². The quantitative estimate of drug-likeness (QED) is 0.633. The molecule has 28 heavy (non-hydrogen) atoms. The van der Waals surface area contributed by atoms with Gasteiger partial charge in [-0.05, 0) is 48.5 Å². The zero-order valence-electron chi connectivity index (χ0n) is 14.8. The molecule has 1 saturated heterocycles. The van der Waals surface area contributed by atoms with Gasteiger partial charge in [-0.15, -0.1) is 11.3 Å². The number of rotatable bonds is 6. The Morgan fingerprint density at radius 3 is 2.89 bits per heavy atom. The lowest BCUT2D eigenvalue weighted by molar-refractivity contribution is -0.123. The molecule has 2 aromatic rings. The first kappa shape index (κ1) is 20.5. The zero-order valence-corrected chi connectivity index (χ0v) is 18.1. The molecule has 0 saturated carbocycles. The number of imide groups is 1. The van der Waals surface area contributed by atoms with Gasteiger partial charge in [-0.2, -0.15) is 0 Å². The topological polar surface area (TPSA) is 79.4 Å². The van der Waals surface area contributed by atoms with Crippen molar-refractivity contribution < 1.29 is 14.4 Å². The van der Waals surface area contributed by atoms with Gasteiger partial charge in [0.15, 0.2) is 0 Å². The number of hydrogen-bond donors (Lipinski definition) is 1. The van der Waals surface area contributed by atoms with E-state index in [2.05, 4.69) is 26.2 Å². The minimum atomic E-state index is -0.349. The van der Waals surface area contributed by atoms with E-state index in [0.717, 1.165) is 37.4 Å². The van der Waals surface area contributed by atoms with Crippen molar-refractivity contribution in [3.05, 3.63) is 61.4 Å². The highest BCUT2D eigenvalue weighted by Gasteiger charge is 2.34. The van der Waals surface area contributed by atoms with Crippen LogP contribution in [-0.4, -0.2) is 40.0 Å². The van der Waals surface area contributed by atoms with Gasteiger partial charge in [-0.1, -0.05) is 28.1 Å². The highest BCUT2D eigenvalue weighted by Crippen LogP contribution is 2.32. The second-order valence-electron chi connectivity index (χ2n) is 5.80. The smallest absolute Gasteiger partial charge is 0.293 e. The van der Waals surface area contributed by atoms with Crippen molar-refractivity contribution in [1.82, 2.24) is 15.2 Å². The lowest BCUT2D eigenvalue weighted by Gasteiger charge is -2.12. The average Bonchev–Trinajstić information content (AvgIpc) is 3.18. The number of nitrogens with one attached hydrogen (secondary N) is 1. The van der Waals surface area contributed by atoms with Crippen LogP contribution in [-0.2, 0) is 9.59 Å². The number of carbonyl (C=O) groups excluding carboxylic acids is 3. The van der Waals surface area contributed by atoms with Crippen LogP contribution in [0.3, 0.4) is 0 Å². The van der Waals surface area contributed by atoms with E-state index in [1.165, 1.54) is 17.4 Å². The van der Waals surface area contributed by atoms with E-state index < -0.39 is 0 Å². The normalized spacial score (nSPS) is 15.8. The number of halogens is 1. The van der Waals surface area contributed by atoms with Gasteiger partial charge in [0.25, 0.3) is 11.1 Å². The van der Waals surface area contributed by atoms with E-state index in [0.29, 0.717) is 4.91 Å². The van der Waals surface area contributed by atoms with Crippen molar-refractivity contribution in [3.63, 3.8) is 0 Å². The Hall–Kier alpha value is -2.23. The number of nitrogens with zero attached hydrogens (tertiary/aromatic N) is 2. The Labute approximate surface area is 178 Å². The van der Waals surface area contributed by atoms with E-state index >= 15 is 0 Å². The van der Waals surface area contributed by atoms with Crippen LogP contribution in [0.5, 0.6) is 0 Å². The van der Waals surface area contributed by atoms with Crippen LogP contribution in [0, 0.1) is 6.92 Å². The molecule has 0 spiro atoms. The maximum Gasteiger partial charge on any atom is 0.293 e. The maximum atomic E-state index is 12.5. The summed E-state index contributed by atoms with van der Waals surface area (Å²) in [6.45, 7) is 2.20. The molecule has 3 amide bonds. The van der Waals surface area contributed by atoms with Crippen LogP contribution in [0.15, 0.2) is 45.1 Å². The average molecular weight is 478 g/mol. The van der Waals surface area contributed by atoms with Crippen LogP contribution >= 0.6 is 39.0 Å². The van der Waals surface area contributed by atoms with Gasteiger partial charge in [0.05, 0.1) is 15.6 Å². The van der Waals surface area contributed by atoms with E-state index in [1.807, 2.05) is 36.6 Å². The van der Waals surface area contributed by atoms with E-state index in [1.54, 1.807) is 12.2 Å². The fourth-order valence-corrected chi connectivity index (χ4v) is 4.27. The first-order valence-corrected chi connectivity index (χ1v) is 10.8. The van der Waals surface area contributed by atoms with Crippen LogP contribution in [0.25, 0.3) is 12.2 Å². The van der Waals surface area contributed by atoms with Crippen LogP contribution in [0.4, 0.5) is 4.79 Å². The van der Waals surface area contributed by atoms with Gasteiger partial charge in [0, 0.05) is 29.0 Å². The number of benzene rings is 1. The number of thiazole rings is 1. The molecular formula is C19H16BrN3O3S2. The van der Waals surface area contributed by atoms with Gasteiger partial charge in [0.2, 0.25) is 5.91 Å². The summed E-state index contributed by atoms with van der Waals surface area (Å²) in [5.74, 6) is -0.653.